The molecule has 0 atom stereocenters. The lowest BCUT2D eigenvalue weighted by atomic mass is 9.92. The third-order valence-electron chi connectivity index (χ3n) is 4.73. The summed E-state index contributed by atoms with van der Waals surface area (Å²) < 4.78 is 23.6. The van der Waals surface area contributed by atoms with Gasteiger partial charge in [0, 0.05) is 11.4 Å². The van der Waals surface area contributed by atoms with Crippen LogP contribution in [0.5, 0.6) is 0 Å². The van der Waals surface area contributed by atoms with E-state index in [9.17, 15) is 8.42 Å². The van der Waals surface area contributed by atoms with E-state index < -0.39 is 9.84 Å². The molecule has 3 N–H and O–H groups in total. The SMILES string of the molecule is NCCc1c(C2CCCCCC2)[nH]c2c1CS(=O)(=O)C2. The van der Waals surface area contributed by atoms with Crippen molar-refractivity contribution >= 4 is 9.84 Å². The zero-order chi connectivity index (χ0) is 14.2. The molecule has 1 aromatic rings. The molecule has 2 heterocycles. The highest BCUT2D eigenvalue weighted by atomic mass is 32.2. The lowest BCUT2D eigenvalue weighted by Crippen LogP contribution is -2.10. The van der Waals surface area contributed by atoms with E-state index in [1.165, 1.54) is 49.8 Å². The van der Waals surface area contributed by atoms with Crippen LogP contribution in [0.1, 0.15) is 67.0 Å². The molecule has 1 fully saturated rings. The molecule has 3 rings (SSSR count). The summed E-state index contributed by atoms with van der Waals surface area (Å²) in [6.45, 7) is 0.587. The standard InChI is InChI=1S/C15H24N2O2S/c16-8-7-12-13-9-20(18,19)10-14(13)17-15(12)11-5-3-1-2-4-6-11/h11,17H,1-10,16H2. The summed E-state index contributed by atoms with van der Waals surface area (Å²) in [6, 6.07) is 0. The van der Waals surface area contributed by atoms with Gasteiger partial charge in [-0.2, -0.15) is 0 Å². The van der Waals surface area contributed by atoms with Gasteiger partial charge >= 0.3 is 0 Å². The molecule has 0 spiro atoms. The van der Waals surface area contributed by atoms with E-state index in [4.69, 9.17) is 5.73 Å². The first-order chi connectivity index (χ1) is 9.61. The molecule has 5 heteroatoms. The van der Waals surface area contributed by atoms with Gasteiger partial charge in [0.05, 0.1) is 11.5 Å². The van der Waals surface area contributed by atoms with Gasteiger partial charge < -0.3 is 10.7 Å². The Balaban J connectivity index is 1.95. The van der Waals surface area contributed by atoms with E-state index in [1.807, 2.05) is 0 Å². The van der Waals surface area contributed by atoms with E-state index >= 15 is 0 Å². The summed E-state index contributed by atoms with van der Waals surface area (Å²) in [5.41, 5.74) is 10.2. The molecule has 1 aliphatic heterocycles. The van der Waals surface area contributed by atoms with Crippen LogP contribution in [-0.4, -0.2) is 19.9 Å². The number of hydrogen-bond donors (Lipinski definition) is 2. The van der Waals surface area contributed by atoms with Gasteiger partial charge in [0.15, 0.2) is 9.84 Å². The minimum absolute atomic E-state index is 0.187. The number of sulfone groups is 1. The van der Waals surface area contributed by atoms with Crippen LogP contribution in [0.2, 0.25) is 0 Å². The fourth-order valence-electron chi connectivity index (χ4n) is 3.79. The molecule has 0 bridgehead atoms. The Bertz CT molecular complexity index is 581. The van der Waals surface area contributed by atoms with Gasteiger partial charge in [0.1, 0.15) is 0 Å². The minimum atomic E-state index is -2.93. The topological polar surface area (TPSA) is 76.0 Å². The van der Waals surface area contributed by atoms with Crippen LogP contribution in [0.25, 0.3) is 0 Å². The highest BCUT2D eigenvalue weighted by Gasteiger charge is 2.32. The van der Waals surface area contributed by atoms with Gasteiger partial charge in [0.25, 0.3) is 0 Å². The number of aromatic nitrogens is 1. The van der Waals surface area contributed by atoms with E-state index in [0.29, 0.717) is 12.5 Å². The molecule has 20 heavy (non-hydrogen) atoms. The molecule has 1 aliphatic carbocycles. The van der Waals surface area contributed by atoms with Crippen molar-refractivity contribution in [1.82, 2.24) is 4.98 Å². The second-order valence-corrected chi connectivity index (χ2v) is 8.30. The second kappa shape index (κ2) is 5.53. The maximum Gasteiger partial charge on any atom is 0.160 e. The van der Waals surface area contributed by atoms with Crippen LogP contribution in [0, 0.1) is 0 Å². The van der Waals surface area contributed by atoms with Gasteiger partial charge in [-0.25, -0.2) is 8.42 Å². The molecule has 0 aromatic carbocycles. The Morgan fingerprint density at radius 3 is 2.45 bits per heavy atom. The van der Waals surface area contributed by atoms with E-state index in [0.717, 1.165) is 17.7 Å². The largest absolute Gasteiger partial charge is 0.361 e. The first kappa shape index (κ1) is 14.1. The summed E-state index contributed by atoms with van der Waals surface area (Å²) in [6.07, 6.45) is 8.49. The minimum Gasteiger partial charge on any atom is -0.361 e. The number of rotatable bonds is 3. The second-order valence-electron chi connectivity index (χ2n) is 6.23. The van der Waals surface area contributed by atoms with Crippen LogP contribution in [-0.2, 0) is 27.8 Å². The molecular formula is C15H24N2O2S. The van der Waals surface area contributed by atoms with Gasteiger partial charge in [-0.1, -0.05) is 25.7 Å². The van der Waals surface area contributed by atoms with Crippen molar-refractivity contribution in [2.75, 3.05) is 6.54 Å². The summed E-state index contributed by atoms with van der Waals surface area (Å²) in [5, 5.41) is 0. The van der Waals surface area contributed by atoms with Crippen molar-refractivity contribution in [3.63, 3.8) is 0 Å². The van der Waals surface area contributed by atoms with Crippen LogP contribution in [0.4, 0.5) is 0 Å². The van der Waals surface area contributed by atoms with Crippen molar-refractivity contribution in [3.8, 4) is 0 Å². The van der Waals surface area contributed by atoms with Crippen molar-refractivity contribution in [2.45, 2.75) is 62.4 Å². The van der Waals surface area contributed by atoms with Crippen LogP contribution in [0.3, 0.4) is 0 Å². The van der Waals surface area contributed by atoms with Gasteiger partial charge in [0.2, 0.25) is 0 Å². The van der Waals surface area contributed by atoms with E-state index in [-0.39, 0.29) is 11.5 Å². The Morgan fingerprint density at radius 1 is 1.10 bits per heavy atom. The van der Waals surface area contributed by atoms with Gasteiger partial charge in [-0.15, -0.1) is 0 Å². The zero-order valence-electron chi connectivity index (χ0n) is 12.0. The number of nitrogens with one attached hydrogen (secondary N) is 1. The van der Waals surface area contributed by atoms with Gasteiger partial charge in [-0.05, 0) is 42.9 Å². The maximum absolute atomic E-state index is 11.8. The molecule has 0 radical (unpaired) electrons. The Labute approximate surface area is 121 Å². The van der Waals surface area contributed by atoms with Crippen LogP contribution < -0.4 is 5.73 Å². The molecule has 0 saturated heterocycles. The van der Waals surface area contributed by atoms with Gasteiger partial charge in [-0.3, -0.25) is 0 Å². The normalized spacial score (nSPS) is 22.6. The zero-order valence-corrected chi connectivity index (χ0v) is 12.8. The summed E-state index contributed by atoms with van der Waals surface area (Å²) in [5.74, 6) is 0.973. The van der Waals surface area contributed by atoms with Crippen molar-refractivity contribution < 1.29 is 8.42 Å². The summed E-state index contributed by atoms with van der Waals surface area (Å²) in [4.78, 5) is 3.47. The third-order valence-corrected chi connectivity index (χ3v) is 6.18. The van der Waals surface area contributed by atoms with Crippen LogP contribution >= 0.6 is 0 Å². The highest BCUT2D eigenvalue weighted by molar-refractivity contribution is 7.90. The first-order valence-corrected chi connectivity index (χ1v) is 9.56. The monoisotopic (exact) mass is 296 g/mol. The predicted octanol–water partition coefficient (Wildman–Crippen LogP) is 2.38. The predicted molar refractivity (Wildman–Crippen MR) is 80.3 cm³/mol. The fourth-order valence-corrected chi connectivity index (χ4v) is 5.37. The fraction of sp³-hybridized carbons (Fsp3) is 0.733. The molecule has 0 amide bonds. The van der Waals surface area contributed by atoms with E-state index in [1.54, 1.807) is 0 Å². The molecule has 1 aromatic heterocycles. The van der Waals surface area contributed by atoms with E-state index in [2.05, 4.69) is 4.98 Å². The number of nitrogens with two attached hydrogens (primary N) is 1. The lowest BCUT2D eigenvalue weighted by molar-refractivity contribution is 0.572. The van der Waals surface area contributed by atoms with Crippen molar-refractivity contribution in [1.29, 1.82) is 0 Å². The number of H-pyrrole nitrogens is 1. The Morgan fingerprint density at radius 2 is 1.80 bits per heavy atom. The average Bonchev–Trinajstić information content (AvgIpc) is 2.73. The molecule has 2 aliphatic rings. The quantitative estimate of drug-likeness (QED) is 0.841. The third kappa shape index (κ3) is 2.66. The summed E-state index contributed by atoms with van der Waals surface area (Å²) in [7, 11) is -2.93. The molecule has 112 valence electrons. The Kier molecular flexibility index (Phi) is 3.91. The number of aromatic amines is 1. The molecule has 1 saturated carbocycles. The number of fused-ring (bicyclic) bond motifs is 1. The maximum atomic E-state index is 11.8. The Hall–Kier alpha value is -0.810. The smallest absolute Gasteiger partial charge is 0.160 e. The number of hydrogen-bond acceptors (Lipinski definition) is 3. The summed E-state index contributed by atoms with van der Waals surface area (Å²) >= 11 is 0. The highest BCUT2D eigenvalue weighted by Crippen LogP contribution is 2.38. The van der Waals surface area contributed by atoms with Crippen molar-refractivity contribution in [3.05, 3.63) is 22.5 Å². The molecule has 0 unspecified atom stereocenters. The first-order valence-electron chi connectivity index (χ1n) is 7.73. The van der Waals surface area contributed by atoms with Crippen molar-refractivity contribution in [2.24, 2.45) is 5.73 Å². The lowest BCUT2D eigenvalue weighted by Gasteiger charge is -2.16. The average molecular weight is 296 g/mol. The van der Waals surface area contributed by atoms with Crippen LogP contribution in [0.15, 0.2) is 0 Å². The molecular weight excluding hydrogens is 272 g/mol. The molecule has 4 nitrogen and oxygen atoms in total.